The van der Waals surface area contributed by atoms with E-state index in [0.717, 1.165) is 4.88 Å². The van der Waals surface area contributed by atoms with E-state index in [-0.39, 0.29) is 25.5 Å². The van der Waals surface area contributed by atoms with Gasteiger partial charge in [0.05, 0.1) is 11.8 Å². The number of benzene rings is 1. The normalized spacial score (nSPS) is 21.6. The van der Waals surface area contributed by atoms with Crippen LogP contribution in [0.5, 0.6) is 0 Å². The Morgan fingerprint density at radius 2 is 1.92 bits per heavy atom. The molecule has 2 atom stereocenters. The Hall–Kier alpha value is -1.93. The van der Waals surface area contributed by atoms with Crippen molar-refractivity contribution in [3.63, 3.8) is 0 Å². The SMILES string of the molecule is O=C(O)[C@@H]1CN(Cc2ccc(-c3ccccc3F)s2)C[C@H]1C(F)(F)F. The number of carboxylic acids is 1. The summed E-state index contributed by atoms with van der Waals surface area (Å²) in [5, 5.41) is 9.05. The van der Waals surface area contributed by atoms with Crippen LogP contribution in [0.15, 0.2) is 36.4 Å². The maximum absolute atomic E-state index is 13.8. The maximum atomic E-state index is 13.8. The van der Waals surface area contributed by atoms with Gasteiger partial charge in [-0.3, -0.25) is 9.69 Å². The highest BCUT2D eigenvalue weighted by Gasteiger charge is 2.52. The Kier molecular flexibility index (Phi) is 4.83. The van der Waals surface area contributed by atoms with Crippen LogP contribution < -0.4 is 0 Å². The van der Waals surface area contributed by atoms with Crippen molar-refractivity contribution in [2.24, 2.45) is 11.8 Å². The second-order valence-corrected chi connectivity index (χ2v) is 7.20. The number of likely N-dealkylation sites (tertiary alicyclic amines) is 1. The number of alkyl halides is 3. The zero-order valence-corrected chi connectivity index (χ0v) is 13.8. The number of hydrogen-bond acceptors (Lipinski definition) is 3. The molecular weight excluding hydrogens is 358 g/mol. The minimum absolute atomic E-state index is 0.146. The first-order chi connectivity index (χ1) is 11.8. The Bertz CT molecular complexity index is 774. The van der Waals surface area contributed by atoms with Gasteiger partial charge in [0.15, 0.2) is 0 Å². The predicted octanol–water partition coefficient (Wildman–Crippen LogP) is 4.25. The smallest absolute Gasteiger partial charge is 0.393 e. The number of carboxylic acid groups (broad SMARTS) is 1. The molecule has 134 valence electrons. The number of aliphatic carboxylic acids is 1. The Labute approximate surface area is 145 Å². The van der Waals surface area contributed by atoms with Gasteiger partial charge in [0, 0.05) is 35.0 Å². The third kappa shape index (κ3) is 3.85. The van der Waals surface area contributed by atoms with E-state index in [0.29, 0.717) is 10.4 Å². The molecule has 1 fully saturated rings. The molecule has 2 aromatic rings. The largest absolute Gasteiger partial charge is 0.481 e. The zero-order valence-electron chi connectivity index (χ0n) is 13.0. The molecule has 1 N–H and O–H groups in total. The minimum Gasteiger partial charge on any atom is -0.481 e. The van der Waals surface area contributed by atoms with Gasteiger partial charge in [-0.15, -0.1) is 11.3 Å². The first kappa shape index (κ1) is 17.9. The highest BCUT2D eigenvalue weighted by Crippen LogP contribution is 2.39. The van der Waals surface area contributed by atoms with E-state index in [2.05, 4.69) is 0 Å². The second-order valence-electron chi connectivity index (χ2n) is 6.03. The molecular formula is C17H15F4NO2S. The standard InChI is InChI=1S/C17H15F4NO2S/c18-14-4-2-1-3-11(14)15-6-5-10(25-15)7-22-8-12(16(23)24)13(9-22)17(19,20)21/h1-6,12-13H,7-9H2,(H,23,24)/t12-,13-/m1/s1. The molecule has 1 saturated heterocycles. The van der Waals surface area contributed by atoms with E-state index < -0.39 is 24.0 Å². The van der Waals surface area contributed by atoms with Crippen LogP contribution in [0.3, 0.4) is 0 Å². The maximum Gasteiger partial charge on any atom is 0.393 e. The average Bonchev–Trinajstić information content (AvgIpc) is 3.15. The van der Waals surface area contributed by atoms with Gasteiger partial charge in [-0.05, 0) is 18.2 Å². The van der Waals surface area contributed by atoms with Crippen LogP contribution in [0.2, 0.25) is 0 Å². The van der Waals surface area contributed by atoms with Crippen LogP contribution in [0, 0.1) is 17.7 Å². The summed E-state index contributed by atoms with van der Waals surface area (Å²) in [4.78, 5) is 14.1. The van der Waals surface area contributed by atoms with Crippen LogP contribution in [0.1, 0.15) is 4.88 Å². The number of hydrogen-bond donors (Lipinski definition) is 1. The number of halogens is 4. The third-order valence-corrected chi connectivity index (χ3v) is 5.42. The molecule has 25 heavy (non-hydrogen) atoms. The van der Waals surface area contributed by atoms with E-state index >= 15 is 0 Å². The number of rotatable bonds is 4. The molecule has 0 saturated carbocycles. The van der Waals surface area contributed by atoms with Crippen LogP contribution >= 0.6 is 11.3 Å². The van der Waals surface area contributed by atoms with Crippen molar-refractivity contribution in [3.8, 4) is 10.4 Å². The molecule has 0 aliphatic carbocycles. The molecule has 1 aliphatic heterocycles. The second kappa shape index (κ2) is 6.76. The van der Waals surface area contributed by atoms with E-state index in [1.165, 1.54) is 22.3 Å². The minimum atomic E-state index is -4.54. The molecule has 1 aromatic carbocycles. The Balaban J connectivity index is 1.74. The first-order valence-corrected chi connectivity index (χ1v) is 8.43. The summed E-state index contributed by atoms with van der Waals surface area (Å²) in [6.07, 6.45) is -4.54. The Morgan fingerprint density at radius 3 is 2.52 bits per heavy atom. The van der Waals surface area contributed by atoms with Crippen molar-refractivity contribution >= 4 is 17.3 Å². The molecule has 2 heterocycles. The lowest BCUT2D eigenvalue weighted by Gasteiger charge is -2.18. The van der Waals surface area contributed by atoms with Crippen molar-refractivity contribution in [1.82, 2.24) is 4.90 Å². The summed E-state index contributed by atoms with van der Waals surface area (Å²) < 4.78 is 52.9. The third-order valence-electron chi connectivity index (χ3n) is 4.31. The van der Waals surface area contributed by atoms with Crippen LogP contribution in [-0.2, 0) is 11.3 Å². The summed E-state index contributed by atoms with van der Waals surface area (Å²) in [6, 6.07) is 9.75. The molecule has 1 aliphatic rings. The predicted molar refractivity (Wildman–Crippen MR) is 85.7 cm³/mol. The fourth-order valence-electron chi connectivity index (χ4n) is 3.09. The van der Waals surface area contributed by atoms with Crippen molar-refractivity contribution in [1.29, 1.82) is 0 Å². The molecule has 0 spiro atoms. The van der Waals surface area contributed by atoms with Gasteiger partial charge in [-0.2, -0.15) is 13.2 Å². The van der Waals surface area contributed by atoms with Gasteiger partial charge in [-0.25, -0.2) is 4.39 Å². The average molecular weight is 373 g/mol. The summed E-state index contributed by atoms with van der Waals surface area (Å²) in [6.45, 7) is -0.269. The molecule has 0 bridgehead atoms. The highest BCUT2D eigenvalue weighted by atomic mass is 32.1. The van der Waals surface area contributed by atoms with Crippen LogP contribution in [0.4, 0.5) is 17.6 Å². The molecule has 8 heteroatoms. The van der Waals surface area contributed by atoms with Crippen molar-refractivity contribution < 1.29 is 27.5 Å². The number of nitrogens with zero attached hydrogens (tertiary/aromatic N) is 1. The van der Waals surface area contributed by atoms with Crippen LogP contribution in [-0.4, -0.2) is 35.2 Å². The lowest BCUT2D eigenvalue weighted by molar-refractivity contribution is -0.188. The van der Waals surface area contributed by atoms with Crippen LogP contribution in [0.25, 0.3) is 10.4 Å². The summed E-state index contributed by atoms with van der Waals surface area (Å²) in [5.41, 5.74) is 0.441. The zero-order chi connectivity index (χ0) is 18.2. The lowest BCUT2D eigenvalue weighted by Crippen LogP contribution is -2.33. The van der Waals surface area contributed by atoms with Crippen molar-refractivity contribution in [3.05, 3.63) is 47.1 Å². The fourth-order valence-corrected chi connectivity index (χ4v) is 4.16. The monoisotopic (exact) mass is 373 g/mol. The van der Waals surface area contributed by atoms with E-state index in [1.807, 2.05) is 0 Å². The van der Waals surface area contributed by atoms with E-state index in [4.69, 9.17) is 5.11 Å². The van der Waals surface area contributed by atoms with Crippen molar-refractivity contribution in [2.75, 3.05) is 13.1 Å². The summed E-state index contributed by atoms with van der Waals surface area (Å²) in [5.74, 6) is -5.11. The molecule has 3 nitrogen and oxygen atoms in total. The lowest BCUT2D eigenvalue weighted by atomic mass is 9.96. The molecule has 3 rings (SSSR count). The molecule has 0 amide bonds. The summed E-state index contributed by atoms with van der Waals surface area (Å²) >= 11 is 1.29. The molecule has 0 unspecified atom stereocenters. The summed E-state index contributed by atoms with van der Waals surface area (Å²) in [7, 11) is 0. The number of carbonyl (C=O) groups is 1. The van der Waals surface area contributed by atoms with Gasteiger partial charge >= 0.3 is 12.1 Å². The van der Waals surface area contributed by atoms with Gasteiger partial charge in [0.1, 0.15) is 5.82 Å². The van der Waals surface area contributed by atoms with E-state index in [9.17, 15) is 22.4 Å². The van der Waals surface area contributed by atoms with Gasteiger partial charge in [0.2, 0.25) is 0 Å². The van der Waals surface area contributed by atoms with Crippen molar-refractivity contribution in [2.45, 2.75) is 12.7 Å². The van der Waals surface area contributed by atoms with E-state index in [1.54, 1.807) is 30.3 Å². The van der Waals surface area contributed by atoms with Gasteiger partial charge in [0.25, 0.3) is 0 Å². The highest BCUT2D eigenvalue weighted by molar-refractivity contribution is 7.15. The van der Waals surface area contributed by atoms with Gasteiger partial charge in [-0.1, -0.05) is 18.2 Å². The van der Waals surface area contributed by atoms with Gasteiger partial charge < -0.3 is 5.11 Å². The molecule has 1 aromatic heterocycles. The quantitative estimate of drug-likeness (QED) is 0.815. The topological polar surface area (TPSA) is 40.5 Å². The number of thiophene rings is 1. The Morgan fingerprint density at radius 1 is 1.20 bits per heavy atom. The first-order valence-electron chi connectivity index (χ1n) is 7.61. The fraction of sp³-hybridized carbons (Fsp3) is 0.353. The molecule has 0 radical (unpaired) electrons.